The largest absolute Gasteiger partial charge is 0.514 e. The lowest BCUT2D eigenvalue weighted by atomic mass is 9.99. The minimum atomic E-state index is -3.52. The molecule has 152 valence electrons. The summed E-state index contributed by atoms with van der Waals surface area (Å²) in [6.45, 7) is 5.28. The Morgan fingerprint density at radius 2 is 1.82 bits per heavy atom. The number of benzene rings is 1. The molecule has 0 radical (unpaired) electrons. The highest BCUT2D eigenvalue weighted by Crippen LogP contribution is 2.35. The molecule has 0 bridgehead atoms. The number of sulfone groups is 1. The molecule has 0 fully saturated rings. The molecule has 0 aliphatic carbocycles. The number of carbonyl (C=O) groups excluding carboxylic acids is 2. The van der Waals surface area contributed by atoms with Gasteiger partial charge in [-0.3, -0.25) is 4.79 Å². The molecule has 10 heteroatoms. The summed E-state index contributed by atoms with van der Waals surface area (Å²) < 4.78 is 40.5. The molecule has 9 nitrogen and oxygen atoms in total. The summed E-state index contributed by atoms with van der Waals surface area (Å²) in [7, 11) is -1.03. The smallest absolute Gasteiger partial charge is 0.496 e. The summed E-state index contributed by atoms with van der Waals surface area (Å²) >= 11 is 0. The second-order valence-electron chi connectivity index (χ2n) is 6.07. The van der Waals surface area contributed by atoms with Crippen LogP contribution in [0.5, 0.6) is 11.6 Å². The Kier molecular flexibility index (Phi) is 6.13. The zero-order valence-electron chi connectivity index (χ0n) is 16.5. The molecule has 0 aliphatic heterocycles. The quantitative estimate of drug-likeness (QED) is 0.526. The van der Waals surface area contributed by atoms with Crippen molar-refractivity contribution in [2.24, 2.45) is 0 Å². The third kappa shape index (κ3) is 3.86. The van der Waals surface area contributed by atoms with Gasteiger partial charge in [-0.15, -0.1) is 0 Å². The molecule has 0 unspecified atom stereocenters. The van der Waals surface area contributed by atoms with Gasteiger partial charge in [0.25, 0.3) is 0 Å². The molecule has 0 saturated carbocycles. The maximum atomic E-state index is 13.2. The van der Waals surface area contributed by atoms with Gasteiger partial charge in [0.1, 0.15) is 11.3 Å². The molecule has 2 rings (SSSR count). The first-order chi connectivity index (χ1) is 13.1. The van der Waals surface area contributed by atoms with Crippen LogP contribution >= 0.6 is 0 Å². The molecule has 2 aromatic rings. The third-order valence-corrected chi connectivity index (χ3v) is 5.52. The van der Waals surface area contributed by atoms with E-state index in [9.17, 15) is 18.0 Å². The van der Waals surface area contributed by atoms with Gasteiger partial charge in [0.15, 0.2) is 9.84 Å². The predicted octanol–water partition coefficient (Wildman–Crippen LogP) is 2.31. The summed E-state index contributed by atoms with van der Waals surface area (Å²) in [5, 5.41) is 4.05. The van der Waals surface area contributed by atoms with Crippen molar-refractivity contribution in [3.05, 3.63) is 34.5 Å². The summed E-state index contributed by atoms with van der Waals surface area (Å²) in [5.41, 5.74) is 0.890. The minimum absolute atomic E-state index is 0.0245. The van der Waals surface area contributed by atoms with Gasteiger partial charge in [-0.25, -0.2) is 17.9 Å². The predicted molar refractivity (Wildman–Crippen MR) is 99.9 cm³/mol. The molecule has 0 amide bonds. The van der Waals surface area contributed by atoms with Crippen LogP contribution in [0.4, 0.5) is 4.79 Å². The van der Waals surface area contributed by atoms with E-state index in [1.165, 1.54) is 24.1 Å². The Labute approximate surface area is 163 Å². The number of ketones is 1. The van der Waals surface area contributed by atoms with Crippen molar-refractivity contribution in [2.75, 3.05) is 20.5 Å². The summed E-state index contributed by atoms with van der Waals surface area (Å²) in [4.78, 5) is 24.9. The Morgan fingerprint density at radius 3 is 2.32 bits per heavy atom. The SMILES string of the molecule is CCn1ncc(C(=O)c2cc(C)c(S(C)(=O)=O)c(C)c2OC)c1OC(=O)OC. The van der Waals surface area contributed by atoms with Gasteiger partial charge >= 0.3 is 6.16 Å². The molecule has 0 spiro atoms. The van der Waals surface area contributed by atoms with E-state index in [-0.39, 0.29) is 27.7 Å². The Balaban J connectivity index is 2.69. The van der Waals surface area contributed by atoms with E-state index in [1.807, 2.05) is 0 Å². The molecular weight excluding hydrogens is 388 g/mol. The van der Waals surface area contributed by atoms with Crippen molar-refractivity contribution in [3.63, 3.8) is 0 Å². The van der Waals surface area contributed by atoms with E-state index in [2.05, 4.69) is 9.84 Å². The zero-order valence-corrected chi connectivity index (χ0v) is 17.3. The van der Waals surface area contributed by atoms with E-state index < -0.39 is 21.8 Å². The average Bonchev–Trinajstić information content (AvgIpc) is 3.01. The van der Waals surface area contributed by atoms with E-state index in [0.29, 0.717) is 17.7 Å². The number of aromatic nitrogens is 2. The fourth-order valence-corrected chi connectivity index (χ4v) is 4.37. The minimum Gasteiger partial charge on any atom is -0.496 e. The van der Waals surface area contributed by atoms with Crippen molar-refractivity contribution < 1.29 is 32.2 Å². The lowest BCUT2D eigenvalue weighted by Gasteiger charge is -2.16. The third-order valence-electron chi connectivity index (χ3n) is 4.15. The van der Waals surface area contributed by atoms with E-state index in [4.69, 9.17) is 9.47 Å². The summed E-state index contributed by atoms with van der Waals surface area (Å²) in [6.07, 6.45) is 1.38. The molecule has 28 heavy (non-hydrogen) atoms. The number of nitrogens with zero attached hydrogens (tertiary/aromatic N) is 2. The van der Waals surface area contributed by atoms with Gasteiger partial charge in [-0.2, -0.15) is 5.10 Å². The number of aryl methyl sites for hydroxylation is 2. The summed E-state index contributed by atoms with van der Waals surface area (Å²) in [5.74, 6) is -0.463. The number of hydrogen-bond acceptors (Lipinski definition) is 8. The van der Waals surface area contributed by atoms with Crippen LogP contribution in [-0.2, 0) is 21.1 Å². The highest BCUT2D eigenvalue weighted by Gasteiger charge is 2.28. The van der Waals surface area contributed by atoms with Crippen molar-refractivity contribution in [1.82, 2.24) is 9.78 Å². The van der Waals surface area contributed by atoms with Crippen LogP contribution in [0.3, 0.4) is 0 Å². The van der Waals surface area contributed by atoms with Gasteiger partial charge in [0.2, 0.25) is 11.7 Å². The summed E-state index contributed by atoms with van der Waals surface area (Å²) in [6, 6.07) is 1.44. The fourth-order valence-electron chi connectivity index (χ4n) is 3.08. The van der Waals surface area contributed by atoms with Crippen LogP contribution in [0.2, 0.25) is 0 Å². The topological polar surface area (TPSA) is 114 Å². The molecule has 0 saturated heterocycles. The van der Waals surface area contributed by atoms with Crippen molar-refractivity contribution in [2.45, 2.75) is 32.2 Å². The Bertz CT molecular complexity index is 1040. The number of hydrogen-bond donors (Lipinski definition) is 0. The highest BCUT2D eigenvalue weighted by molar-refractivity contribution is 7.90. The molecule has 0 N–H and O–H groups in total. The molecule has 1 aromatic heterocycles. The van der Waals surface area contributed by atoms with Gasteiger partial charge in [-0.1, -0.05) is 0 Å². The zero-order chi connectivity index (χ0) is 21.2. The van der Waals surface area contributed by atoms with Crippen LogP contribution < -0.4 is 9.47 Å². The van der Waals surface area contributed by atoms with Crippen LogP contribution in [0.1, 0.15) is 34.0 Å². The van der Waals surface area contributed by atoms with E-state index in [0.717, 1.165) is 13.4 Å². The van der Waals surface area contributed by atoms with Crippen LogP contribution in [0.15, 0.2) is 17.2 Å². The monoisotopic (exact) mass is 410 g/mol. The van der Waals surface area contributed by atoms with Gasteiger partial charge in [0, 0.05) is 18.4 Å². The molecule has 0 aliphatic rings. The normalized spacial score (nSPS) is 11.2. The lowest BCUT2D eigenvalue weighted by Crippen LogP contribution is -2.15. The number of carbonyl (C=O) groups is 2. The maximum absolute atomic E-state index is 13.2. The molecule has 1 heterocycles. The van der Waals surface area contributed by atoms with Crippen molar-refractivity contribution >= 4 is 21.8 Å². The van der Waals surface area contributed by atoms with E-state index in [1.54, 1.807) is 20.8 Å². The molecule has 1 aromatic carbocycles. The first-order valence-electron chi connectivity index (χ1n) is 8.31. The van der Waals surface area contributed by atoms with Crippen molar-refractivity contribution in [1.29, 1.82) is 0 Å². The second-order valence-corrected chi connectivity index (χ2v) is 8.02. The standard InChI is InChI=1S/C18H22N2O7S/c1-7-20-17(27-18(22)26-5)13(9-19-20)14(21)12-8-10(2)16(28(6,23)24)11(3)15(12)25-4/h8-9H,7H2,1-6H3. The van der Waals surface area contributed by atoms with Gasteiger partial charge in [-0.05, 0) is 32.4 Å². The van der Waals surface area contributed by atoms with Gasteiger partial charge < -0.3 is 14.2 Å². The van der Waals surface area contributed by atoms with Crippen LogP contribution in [0.25, 0.3) is 0 Å². The first-order valence-corrected chi connectivity index (χ1v) is 10.2. The lowest BCUT2D eigenvalue weighted by molar-refractivity contribution is 0.102. The maximum Gasteiger partial charge on any atom is 0.514 e. The molecular formula is C18H22N2O7S. The van der Waals surface area contributed by atoms with E-state index >= 15 is 0 Å². The molecule has 0 atom stereocenters. The Morgan fingerprint density at radius 1 is 1.18 bits per heavy atom. The fraction of sp³-hybridized carbons (Fsp3) is 0.389. The van der Waals surface area contributed by atoms with Gasteiger partial charge in [0.05, 0.1) is 30.9 Å². The first kappa shape index (κ1) is 21.4. The second kappa shape index (κ2) is 8.01. The number of ether oxygens (including phenoxy) is 3. The van der Waals surface area contributed by atoms with Crippen LogP contribution in [-0.4, -0.2) is 50.6 Å². The number of methoxy groups -OCH3 is 2. The highest BCUT2D eigenvalue weighted by atomic mass is 32.2. The van der Waals surface area contributed by atoms with Crippen molar-refractivity contribution in [3.8, 4) is 11.6 Å². The number of rotatable bonds is 6. The Hall–Kier alpha value is -2.88. The average molecular weight is 410 g/mol. The van der Waals surface area contributed by atoms with Crippen LogP contribution in [0, 0.1) is 13.8 Å².